The lowest BCUT2D eigenvalue weighted by molar-refractivity contribution is -0.384. The fourth-order valence-corrected chi connectivity index (χ4v) is 2.52. The molecule has 0 atom stereocenters. The molecule has 0 aromatic heterocycles. The molecule has 0 radical (unpaired) electrons. The Balaban J connectivity index is 2.30. The normalized spacial score (nSPS) is 18.1. The van der Waals surface area contributed by atoms with Crippen molar-refractivity contribution in [2.75, 3.05) is 7.11 Å². The van der Waals surface area contributed by atoms with Crippen LogP contribution in [0.25, 0.3) is 0 Å². The Morgan fingerprint density at radius 3 is 2.56 bits per heavy atom. The van der Waals surface area contributed by atoms with Gasteiger partial charge in [-0.3, -0.25) is 24.7 Å². The molecule has 8 nitrogen and oxygen atoms in total. The van der Waals surface area contributed by atoms with Crippen LogP contribution in [0, 0.1) is 10.1 Å². The number of benzene rings is 1. The number of carbonyl (C=O) groups excluding carboxylic acids is 2. The summed E-state index contributed by atoms with van der Waals surface area (Å²) in [5.74, 6) is -0.894. The van der Waals surface area contributed by atoms with Crippen molar-refractivity contribution >= 4 is 28.8 Å². The number of allylic oxidation sites excluding steroid dienone is 2. The third-order valence-electron chi connectivity index (χ3n) is 3.79. The van der Waals surface area contributed by atoms with Gasteiger partial charge in [-0.1, -0.05) is 0 Å². The number of aliphatic hydroxyl groups is 1. The molecule has 0 spiro atoms. The zero-order valence-electron chi connectivity index (χ0n) is 13.7. The quantitative estimate of drug-likeness (QED) is 0.287. The second kappa shape index (κ2) is 8.18. The van der Waals surface area contributed by atoms with Crippen molar-refractivity contribution in [1.82, 2.24) is 0 Å². The number of hydrogen-bond acceptors (Lipinski definition) is 7. The molecule has 0 heterocycles. The van der Waals surface area contributed by atoms with E-state index in [-0.39, 0.29) is 35.6 Å². The Morgan fingerprint density at radius 2 is 1.96 bits per heavy atom. The number of nitrogens with zero attached hydrogens (tertiary/aromatic N) is 2. The van der Waals surface area contributed by atoms with Gasteiger partial charge in [0.2, 0.25) is 0 Å². The van der Waals surface area contributed by atoms with Gasteiger partial charge in [-0.25, -0.2) is 0 Å². The van der Waals surface area contributed by atoms with Gasteiger partial charge in [0.1, 0.15) is 5.76 Å². The van der Waals surface area contributed by atoms with Crippen molar-refractivity contribution in [2.24, 2.45) is 4.99 Å². The number of ether oxygens (including phenoxy) is 1. The molecule has 25 heavy (non-hydrogen) atoms. The van der Waals surface area contributed by atoms with E-state index >= 15 is 0 Å². The van der Waals surface area contributed by atoms with Crippen LogP contribution in [0.4, 0.5) is 11.4 Å². The summed E-state index contributed by atoms with van der Waals surface area (Å²) in [7, 11) is 1.25. The first-order valence-electron chi connectivity index (χ1n) is 7.77. The molecule has 0 saturated heterocycles. The molecule has 1 aliphatic carbocycles. The number of ketones is 1. The van der Waals surface area contributed by atoms with E-state index in [0.717, 1.165) is 0 Å². The number of aliphatic hydroxyl groups excluding tert-OH is 1. The number of nitro benzene ring substituents is 1. The van der Waals surface area contributed by atoms with E-state index in [0.29, 0.717) is 30.7 Å². The second-order valence-corrected chi connectivity index (χ2v) is 5.51. The molecule has 1 N–H and O–H groups in total. The molecule has 132 valence electrons. The maximum Gasteiger partial charge on any atom is 0.305 e. The maximum absolute atomic E-state index is 12.2. The summed E-state index contributed by atoms with van der Waals surface area (Å²) in [4.78, 5) is 37.9. The molecule has 0 aliphatic heterocycles. The van der Waals surface area contributed by atoms with Crippen molar-refractivity contribution in [2.45, 2.75) is 32.1 Å². The van der Waals surface area contributed by atoms with Gasteiger partial charge in [0.25, 0.3) is 5.69 Å². The van der Waals surface area contributed by atoms with Gasteiger partial charge in [-0.05, 0) is 25.0 Å². The Labute approximate surface area is 144 Å². The monoisotopic (exact) mass is 346 g/mol. The number of non-ortho nitro benzene ring substituents is 1. The van der Waals surface area contributed by atoms with E-state index in [2.05, 4.69) is 9.73 Å². The van der Waals surface area contributed by atoms with E-state index in [9.17, 15) is 24.8 Å². The van der Waals surface area contributed by atoms with Crippen molar-refractivity contribution in [3.05, 3.63) is 45.7 Å². The standard InChI is InChI=1S/C17H18N2O6/c1-25-16(22)10-9-15(21)17-13(3-2-4-14(17)20)18-11-5-7-12(8-6-11)19(23)24/h5-8,21H,2-4,9-10H2,1H3. The average molecular weight is 346 g/mol. The molecule has 2 rings (SSSR count). The Kier molecular flexibility index (Phi) is 5.99. The van der Waals surface area contributed by atoms with Crippen molar-refractivity contribution in [3.8, 4) is 0 Å². The van der Waals surface area contributed by atoms with Crippen LogP contribution in [0.5, 0.6) is 0 Å². The predicted octanol–water partition coefficient (Wildman–Crippen LogP) is 3.19. The molecular formula is C17H18N2O6. The van der Waals surface area contributed by atoms with Gasteiger partial charge in [0.15, 0.2) is 5.78 Å². The fourth-order valence-electron chi connectivity index (χ4n) is 2.52. The van der Waals surface area contributed by atoms with Crippen LogP contribution in [0.2, 0.25) is 0 Å². The summed E-state index contributed by atoms with van der Waals surface area (Å²) in [5.41, 5.74) is 0.954. The number of hydrogen-bond donors (Lipinski definition) is 1. The number of Topliss-reactive ketones (excluding diaryl/α,β-unsaturated/α-hetero) is 1. The van der Waals surface area contributed by atoms with Gasteiger partial charge in [0.05, 0.1) is 35.4 Å². The summed E-state index contributed by atoms with van der Waals surface area (Å²) in [6.45, 7) is 0. The molecule has 0 bridgehead atoms. The van der Waals surface area contributed by atoms with E-state index in [1.165, 1.54) is 31.4 Å². The van der Waals surface area contributed by atoms with Gasteiger partial charge >= 0.3 is 5.97 Å². The number of esters is 1. The highest BCUT2D eigenvalue weighted by Crippen LogP contribution is 2.26. The highest BCUT2D eigenvalue weighted by Gasteiger charge is 2.25. The molecule has 1 aromatic rings. The van der Waals surface area contributed by atoms with Gasteiger partial charge in [0, 0.05) is 25.0 Å². The summed E-state index contributed by atoms with van der Waals surface area (Å²) in [6.07, 6.45) is 1.37. The third-order valence-corrected chi connectivity index (χ3v) is 3.79. The number of carbonyl (C=O) groups is 2. The van der Waals surface area contributed by atoms with Crippen molar-refractivity contribution in [1.29, 1.82) is 0 Å². The zero-order valence-corrected chi connectivity index (χ0v) is 13.7. The topological polar surface area (TPSA) is 119 Å². The van der Waals surface area contributed by atoms with Crippen LogP contribution < -0.4 is 0 Å². The summed E-state index contributed by atoms with van der Waals surface area (Å²) < 4.78 is 4.52. The second-order valence-electron chi connectivity index (χ2n) is 5.51. The molecular weight excluding hydrogens is 328 g/mol. The van der Waals surface area contributed by atoms with Gasteiger partial charge in [-0.2, -0.15) is 0 Å². The predicted molar refractivity (Wildman–Crippen MR) is 90.0 cm³/mol. The summed E-state index contributed by atoms with van der Waals surface area (Å²) in [5, 5.41) is 20.9. The number of nitro groups is 1. The first kappa shape index (κ1) is 18.3. The minimum absolute atomic E-state index is 0.00692. The minimum Gasteiger partial charge on any atom is -0.511 e. The Bertz CT molecular complexity index is 749. The van der Waals surface area contributed by atoms with Crippen molar-refractivity contribution < 1.29 is 24.4 Å². The SMILES string of the molecule is COC(=O)CCC(O)=C1C(=O)CCCC1=Nc1ccc([N+](=O)[O-])cc1. The van der Waals surface area contributed by atoms with Crippen molar-refractivity contribution in [3.63, 3.8) is 0 Å². The Hall–Kier alpha value is -3.03. The molecule has 1 aliphatic rings. The zero-order chi connectivity index (χ0) is 18.4. The van der Waals surface area contributed by atoms with E-state index in [1.807, 2.05) is 0 Å². The largest absolute Gasteiger partial charge is 0.511 e. The van der Waals surface area contributed by atoms with Crippen LogP contribution in [0.3, 0.4) is 0 Å². The highest BCUT2D eigenvalue weighted by atomic mass is 16.6. The maximum atomic E-state index is 12.2. The molecule has 8 heteroatoms. The molecule has 1 fully saturated rings. The van der Waals surface area contributed by atoms with Crippen LogP contribution in [-0.4, -0.2) is 34.6 Å². The lowest BCUT2D eigenvalue weighted by atomic mass is 9.89. The van der Waals surface area contributed by atoms with Crippen LogP contribution in [0.1, 0.15) is 32.1 Å². The van der Waals surface area contributed by atoms with Crippen LogP contribution >= 0.6 is 0 Å². The van der Waals surface area contributed by atoms with E-state index in [4.69, 9.17) is 0 Å². The molecule has 0 amide bonds. The van der Waals surface area contributed by atoms with Gasteiger partial charge < -0.3 is 9.84 Å². The van der Waals surface area contributed by atoms with Crippen LogP contribution in [-0.2, 0) is 14.3 Å². The average Bonchev–Trinajstić information content (AvgIpc) is 2.60. The summed E-state index contributed by atoms with van der Waals surface area (Å²) in [6, 6.07) is 5.61. The number of aliphatic imine (C=N–C) groups is 1. The first-order chi connectivity index (χ1) is 11.9. The van der Waals surface area contributed by atoms with E-state index < -0.39 is 10.9 Å². The van der Waals surface area contributed by atoms with Gasteiger partial charge in [-0.15, -0.1) is 0 Å². The molecule has 1 saturated carbocycles. The fraction of sp³-hybridized carbons (Fsp3) is 0.353. The number of rotatable bonds is 5. The molecule has 0 unspecified atom stereocenters. The minimum atomic E-state index is -0.509. The first-order valence-corrected chi connectivity index (χ1v) is 7.77. The Morgan fingerprint density at radius 1 is 1.28 bits per heavy atom. The highest BCUT2D eigenvalue weighted by molar-refractivity contribution is 6.24. The summed E-state index contributed by atoms with van der Waals surface area (Å²) >= 11 is 0. The third kappa shape index (κ3) is 4.72. The lowest BCUT2D eigenvalue weighted by Crippen LogP contribution is -2.21. The molecule has 1 aromatic carbocycles. The smallest absolute Gasteiger partial charge is 0.305 e. The van der Waals surface area contributed by atoms with Crippen LogP contribution in [0.15, 0.2) is 40.6 Å². The number of methoxy groups -OCH3 is 1. The lowest BCUT2D eigenvalue weighted by Gasteiger charge is -2.17. The van der Waals surface area contributed by atoms with E-state index in [1.54, 1.807) is 0 Å².